The molecule has 0 saturated heterocycles. The molecule has 0 unspecified atom stereocenters. The molecule has 1 aliphatic rings. The van der Waals surface area contributed by atoms with Crippen molar-refractivity contribution >= 4 is 23.6 Å². The summed E-state index contributed by atoms with van der Waals surface area (Å²) in [6.45, 7) is 0.854. The van der Waals surface area contributed by atoms with Crippen molar-refractivity contribution in [2.45, 2.75) is 6.61 Å². The quantitative estimate of drug-likeness (QED) is 0.502. The summed E-state index contributed by atoms with van der Waals surface area (Å²) in [5.41, 5.74) is 1.41. The van der Waals surface area contributed by atoms with Crippen LogP contribution >= 0.6 is 11.6 Å². The summed E-state index contributed by atoms with van der Waals surface area (Å²) >= 11 is 6.18. The second kappa shape index (κ2) is 9.71. The molecule has 0 saturated carbocycles. The summed E-state index contributed by atoms with van der Waals surface area (Å²) in [6, 6.07) is 10.4. The Morgan fingerprint density at radius 1 is 1.24 bits per heavy atom. The van der Waals surface area contributed by atoms with Gasteiger partial charge >= 0.3 is 5.97 Å². The van der Waals surface area contributed by atoms with Gasteiger partial charge in [0.05, 0.1) is 12.1 Å². The van der Waals surface area contributed by atoms with Crippen LogP contribution in [0.25, 0.3) is 6.08 Å². The zero-order valence-corrected chi connectivity index (χ0v) is 16.4. The van der Waals surface area contributed by atoms with Crippen LogP contribution in [0, 0.1) is 11.3 Å². The first kappa shape index (κ1) is 20.4. The molecule has 0 aromatic heterocycles. The van der Waals surface area contributed by atoms with Crippen LogP contribution in [0.2, 0.25) is 5.02 Å². The predicted octanol–water partition coefficient (Wildman–Crippen LogP) is 3.78. The van der Waals surface area contributed by atoms with E-state index in [-0.39, 0.29) is 13.2 Å². The number of ether oxygens (including phenoxy) is 5. The molecule has 0 bridgehead atoms. The predicted molar refractivity (Wildman–Crippen MR) is 105 cm³/mol. The van der Waals surface area contributed by atoms with Crippen LogP contribution < -0.4 is 18.9 Å². The molecule has 0 N–H and O–H groups in total. The van der Waals surface area contributed by atoms with Gasteiger partial charge in [0.25, 0.3) is 0 Å². The van der Waals surface area contributed by atoms with E-state index >= 15 is 0 Å². The second-order valence-electron chi connectivity index (χ2n) is 5.90. The summed E-state index contributed by atoms with van der Waals surface area (Å²) in [5, 5.41) is 9.01. The van der Waals surface area contributed by atoms with E-state index < -0.39 is 5.97 Å². The molecule has 0 amide bonds. The normalized spacial score (nSPS) is 12.3. The van der Waals surface area contributed by atoms with Gasteiger partial charge in [-0.25, -0.2) is 4.79 Å². The van der Waals surface area contributed by atoms with Crippen LogP contribution in [0.15, 0.2) is 36.4 Å². The first-order chi connectivity index (χ1) is 14.1. The Balaban J connectivity index is 1.60. The van der Waals surface area contributed by atoms with E-state index in [4.69, 9.17) is 40.5 Å². The number of carbonyl (C=O) groups is 1. The fraction of sp³-hybridized carbons (Fsp3) is 0.238. The van der Waals surface area contributed by atoms with Crippen LogP contribution in [-0.2, 0) is 16.1 Å². The number of hydrogen-bond acceptors (Lipinski definition) is 7. The average Bonchev–Trinajstić information content (AvgIpc) is 2.75. The van der Waals surface area contributed by atoms with Gasteiger partial charge in [-0.3, -0.25) is 0 Å². The average molecular weight is 416 g/mol. The summed E-state index contributed by atoms with van der Waals surface area (Å²) in [7, 11) is 1.49. The van der Waals surface area contributed by atoms with E-state index in [0.29, 0.717) is 52.4 Å². The minimum atomic E-state index is -0.514. The lowest BCUT2D eigenvalue weighted by molar-refractivity contribution is -0.138. The van der Waals surface area contributed by atoms with Crippen molar-refractivity contribution in [1.82, 2.24) is 0 Å². The highest BCUT2D eigenvalue weighted by atomic mass is 35.5. The number of hydrogen-bond donors (Lipinski definition) is 0. The van der Waals surface area contributed by atoms with Crippen molar-refractivity contribution < 1.29 is 28.5 Å². The molecule has 0 radical (unpaired) electrons. The highest BCUT2D eigenvalue weighted by Crippen LogP contribution is 2.38. The standard InChI is InChI=1S/C21H18ClNO6/c1-25-18-11-14(2-4-17(18)26-7-6-23)3-5-20(24)29-13-15-10-16(22)21-19(12-15)27-8-9-28-21/h2-5,10-12H,7-9,13H2,1H3/b5-3+. The van der Waals surface area contributed by atoms with E-state index in [1.807, 2.05) is 6.07 Å². The van der Waals surface area contributed by atoms with Gasteiger partial charge < -0.3 is 23.7 Å². The third-order valence-electron chi connectivity index (χ3n) is 3.93. The Kier molecular flexibility index (Phi) is 6.82. The van der Waals surface area contributed by atoms with Crippen LogP contribution in [0.5, 0.6) is 23.0 Å². The monoisotopic (exact) mass is 415 g/mol. The molecule has 0 atom stereocenters. The van der Waals surface area contributed by atoms with Gasteiger partial charge in [0.1, 0.15) is 25.9 Å². The molecule has 29 heavy (non-hydrogen) atoms. The molecule has 2 aromatic carbocycles. The first-order valence-corrected chi connectivity index (χ1v) is 9.09. The van der Waals surface area contributed by atoms with Gasteiger partial charge in [-0.05, 0) is 41.5 Å². The van der Waals surface area contributed by atoms with E-state index in [2.05, 4.69) is 0 Å². The maximum absolute atomic E-state index is 12.0. The highest BCUT2D eigenvalue weighted by Gasteiger charge is 2.17. The maximum Gasteiger partial charge on any atom is 0.331 e. The zero-order chi connectivity index (χ0) is 20.6. The Morgan fingerprint density at radius 3 is 2.86 bits per heavy atom. The van der Waals surface area contributed by atoms with Crippen molar-refractivity contribution in [3.63, 3.8) is 0 Å². The number of nitrogens with zero attached hydrogens (tertiary/aromatic N) is 1. The van der Waals surface area contributed by atoms with Gasteiger partial charge in [0.2, 0.25) is 0 Å². The van der Waals surface area contributed by atoms with Gasteiger partial charge in [0, 0.05) is 6.08 Å². The Hall–Kier alpha value is -3.37. The van der Waals surface area contributed by atoms with Gasteiger partial charge in [0.15, 0.2) is 29.6 Å². The Bertz CT molecular complexity index is 966. The molecule has 0 aliphatic carbocycles. The minimum Gasteiger partial charge on any atom is -0.493 e. The van der Waals surface area contributed by atoms with Crippen LogP contribution in [-0.4, -0.2) is 32.9 Å². The van der Waals surface area contributed by atoms with Crippen LogP contribution in [0.1, 0.15) is 11.1 Å². The minimum absolute atomic E-state index is 0.0454. The third kappa shape index (κ3) is 5.33. The summed E-state index contributed by atoms with van der Waals surface area (Å²) in [5.74, 6) is 1.44. The highest BCUT2D eigenvalue weighted by molar-refractivity contribution is 6.32. The molecule has 150 valence electrons. The molecular weight excluding hydrogens is 398 g/mol. The van der Waals surface area contributed by atoms with Gasteiger partial charge in [-0.2, -0.15) is 5.26 Å². The van der Waals surface area contributed by atoms with E-state index in [9.17, 15) is 4.79 Å². The van der Waals surface area contributed by atoms with Gasteiger partial charge in [-0.15, -0.1) is 0 Å². The molecule has 0 fully saturated rings. The Morgan fingerprint density at radius 2 is 2.07 bits per heavy atom. The molecule has 2 aromatic rings. The number of rotatable bonds is 7. The number of methoxy groups -OCH3 is 1. The number of fused-ring (bicyclic) bond motifs is 1. The summed E-state index contributed by atoms with van der Waals surface area (Å²) < 4.78 is 26.7. The second-order valence-corrected chi connectivity index (χ2v) is 6.31. The topological polar surface area (TPSA) is 87.0 Å². The molecule has 1 aliphatic heterocycles. The molecular formula is C21H18ClNO6. The van der Waals surface area contributed by atoms with Crippen molar-refractivity contribution in [3.05, 3.63) is 52.6 Å². The Labute approximate surface area is 173 Å². The SMILES string of the molecule is COc1cc(/C=C/C(=O)OCc2cc(Cl)c3c(c2)OCCO3)ccc1OCC#N. The number of esters is 1. The van der Waals surface area contributed by atoms with Gasteiger partial charge in [-0.1, -0.05) is 17.7 Å². The fourth-order valence-electron chi connectivity index (χ4n) is 2.63. The lowest BCUT2D eigenvalue weighted by Crippen LogP contribution is -2.16. The summed E-state index contributed by atoms with van der Waals surface area (Å²) in [6.07, 6.45) is 2.90. The van der Waals surface area contributed by atoms with E-state index in [0.717, 1.165) is 0 Å². The largest absolute Gasteiger partial charge is 0.493 e. The molecule has 0 spiro atoms. The number of halogens is 1. The molecule has 3 rings (SSSR count). The van der Waals surface area contributed by atoms with E-state index in [1.54, 1.807) is 36.4 Å². The first-order valence-electron chi connectivity index (χ1n) is 8.71. The fourth-order valence-corrected chi connectivity index (χ4v) is 2.92. The lowest BCUT2D eigenvalue weighted by Gasteiger charge is -2.20. The third-order valence-corrected chi connectivity index (χ3v) is 4.21. The smallest absolute Gasteiger partial charge is 0.331 e. The van der Waals surface area contributed by atoms with Crippen molar-refractivity contribution in [3.8, 4) is 29.1 Å². The molecule has 7 nitrogen and oxygen atoms in total. The number of nitriles is 1. The van der Waals surface area contributed by atoms with Crippen LogP contribution in [0.4, 0.5) is 0 Å². The summed E-state index contributed by atoms with van der Waals surface area (Å²) in [4.78, 5) is 12.0. The maximum atomic E-state index is 12.0. The number of benzene rings is 2. The van der Waals surface area contributed by atoms with Crippen molar-refractivity contribution in [2.75, 3.05) is 26.9 Å². The van der Waals surface area contributed by atoms with Crippen LogP contribution in [0.3, 0.4) is 0 Å². The number of carbonyl (C=O) groups excluding carboxylic acids is 1. The molecule has 1 heterocycles. The van der Waals surface area contributed by atoms with Crippen molar-refractivity contribution in [2.24, 2.45) is 0 Å². The van der Waals surface area contributed by atoms with E-state index in [1.165, 1.54) is 13.2 Å². The lowest BCUT2D eigenvalue weighted by atomic mass is 10.2. The molecule has 8 heteroatoms. The van der Waals surface area contributed by atoms with Crippen molar-refractivity contribution in [1.29, 1.82) is 5.26 Å². The zero-order valence-electron chi connectivity index (χ0n) is 15.6.